The molecule has 2 rings (SSSR count). The Labute approximate surface area is 103 Å². The smallest absolute Gasteiger partial charge is 0.120 e. The van der Waals surface area contributed by atoms with Crippen LogP contribution in [0.15, 0.2) is 24.3 Å². The van der Waals surface area contributed by atoms with Gasteiger partial charge >= 0.3 is 0 Å². The Hall–Kier alpha value is -1.53. The van der Waals surface area contributed by atoms with Gasteiger partial charge in [0.2, 0.25) is 0 Å². The highest BCUT2D eigenvalue weighted by Gasteiger charge is 2.18. The fourth-order valence-corrected chi connectivity index (χ4v) is 2.23. The predicted molar refractivity (Wildman–Crippen MR) is 66.9 cm³/mol. The summed E-state index contributed by atoms with van der Waals surface area (Å²) in [5.41, 5.74) is 1.02. The molecule has 90 valence electrons. The van der Waals surface area contributed by atoms with Gasteiger partial charge in [-0.1, -0.05) is 12.1 Å². The molecule has 0 radical (unpaired) electrons. The van der Waals surface area contributed by atoms with Crippen LogP contribution in [0.1, 0.15) is 18.4 Å². The van der Waals surface area contributed by atoms with Gasteiger partial charge in [-0.25, -0.2) is 0 Å². The normalized spacial score (nSPS) is 20.8. The zero-order valence-electron chi connectivity index (χ0n) is 10.2. The molecule has 1 aliphatic heterocycles. The second kappa shape index (κ2) is 5.70. The number of hydrogen-bond donors (Lipinski definition) is 0. The lowest BCUT2D eigenvalue weighted by Crippen LogP contribution is -2.38. The molecular weight excluding hydrogens is 212 g/mol. The molecule has 0 aromatic heterocycles. The van der Waals surface area contributed by atoms with Crippen molar-refractivity contribution >= 4 is 0 Å². The van der Waals surface area contributed by atoms with Crippen molar-refractivity contribution in [3.05, 3.63) is 29.8 Å². The first kappa shape index (κ1) is 11.9. The third-order valence-corrected chi connectivity index (χ3v) is 3.07. The summed E-state index contributed by atoms with van der Waals surface area (Å²) < 4.78 is 5.96. The van der Waals surface area contributed by atoms with Gasteiger partial charge in [0.15, 0.2) is 0 Å². The standard InChI is InChI=1S/C14H18N2O/c1-16-9-3-6-14(11-16)17-13-5-2-4-12(10-13)7-8-15/h2,4-5,10,14H,3,6-7,9,11H2,1H3. The van der Waals surface area contributed by atoms with Crippen LogP contribution in [0.25, 0.3) is 0 Å². The topological polar surface area (TPSA) is 36.3 Å². The van der Waals surface area contributed by atoms with Crippen LogP contribution in [0.2, 0.25) is 0 Å². The summed E-state index contributed by atoms with van der Waals surface area (Å²) >= 11 is 0. The van der Waals surface area contributed by atoms with Crippen molar-refractivity contribution in [1.29, 1.82) is 5.26 Å². The van der Waals surface area contributed by atoms with Gasteiger partial charge in [-0.3, -0.25) is 0 Å². The number of nitrogens with zero attached hydrogens (tertiary/aromatic N) is 2. The minimum absolute atomic E-state index is 0.283. The van der Waals surface area contributed by atoms with Gasteiger partial charge in [-0.2, -0.15) is 5.26 Å². The molecule has 3 nitrogen and oxygen atoms in total. The van der Waals surface area contributed by atoms with E-state index in [1.807, 2.05) is 24.3 Å². The van der Waals surface area contributed by atoms with Crippen LogP contribution in [0.3, 0.4) is 0 Å². The van der Waals surface area contributed by atoms with Gasteiger partial charge in [0.05, 0.1) is 12.5 Å². The van der Waals surface area contributed by atoms with Gasteiger partial charge in [-0.05, 0) is 44.1 Å². The Morgan fingerprint density at radius 2 is 2.41 bits per heavy atom. The zero-order valence-corrected chi connectivity index (χ0v) is 10.2. The maximum atomic E-state index is 8.67. The summed E-state index contributed by atoms with van der Waals surface area (Å²) in [5, 5.41) is 8.67. The van der Waals surface area contributed by atoms with Crippen molar-refractivity contribution in [1.82, 2.24) is 4.90 Å². The molecule has 1 fully saturated rings. The molecule has 0 N–H and O–H groups in total. The second-order valence-corrected chi connectivity index (χ2v) is 4.63. The Kier molecular flexibility index (Phi) is 4.00. The largest absolute Gasteiger partial charge is 0.489 e. The van der Waals surface area contributed by atoms with Crippen LogP contribution in [-0.2, 0) is 6.42 Å². The molecule has 1 heterocycles. The van der Waals surface area contributed by atoms with Crippen molar-refractivity contribution < 1.29 is 4.74 Å². The van der Waals surface area contributed by atoms with E-state index in [-0.39, 0.29) is 6.10 Å². The first-order valence-corrected chi connectivity index (χ1v) is 6.09. The highest BCUT2D eigenvalue weighted by molar-refractivity contribution is 5.30. The number of ether oxygens (including phenoxy) is 1. The quantitative estimate of drug-likeness (QED) is 0.799. The number of hydrogen-bond acceptors (Lipinski definition) is 3. The van der Waals surface area contributed by atoms with E-state index in [1.54, 1.807) is 0 Å². The SMILES string of the molecule is CN1CCCC(Oc2cccc(CC#N)c2)C1. The average Bonchev–Trinajstić information content (AvgIpc) is 2.30. The number of rotatable bonds is 3. The second-order valence-electron chi connectivity index (χ2n) is 4.63. The summed E-state index contributed by atoms with van der Waals surface area (Å²) in [4.78, 5) is 2.30. The maximum Gasteiger partial charge on any atom is 0.120 e. The molecule has 0 amide bonds. The number of benzene rings is 1. The van der Waals surface area contributed by atoms with Crippen LogP contribution in [-0.4, -0.2) is 31.1 Å². The van der Waals surface area contributed by atoms with Crippen molar-refractivity contribution in [3.8, 4) is 11.8 Å². The molecule has 1 aromatic rings. The van der Waals surface area contributed by atoms with Crippen molar-refractivity contribution in [2.45, 2.75) is 25.4 Å². The average molecular weight is 230 g/mol. The maximum absolute atomic E-state index is 8.67. The summed E-state index contributed by atoms with van der Waals surface area (Å²) in [7, 11) is 2.13. The molecule has 17 heavy (non-hydrogen) atoms. The molecule has 3 heteroatoms. The van der Waals surface area contributed by atoms with E-state index < -0.39 is 0 Å². The summed E-state index contributed by atoms with van der Waals surface area (Å²) in [6.07, 6.45) is 3.04. The number of piperidine rings is 1. The minimum atomic E-state index is 0.283. The fourth-order valence-electron chi connectivity index (χ4n) is 2.23. The minimum Gasteiger partial charge on any atom is -0.489 e. The van der Waals surface area contributed by atoms with Crippen LogP contribution in [0.5, 0.6) is 5.75 Å². The summed E-state index contributed by atoms with van der Waals surface area (Å²) in [6.45, 7) is 2.15. The van der Waals surface area contributed by atoms with E-state index in [0.29, 0.717) is 6.42 Å². The van der Waals surface area contributed by atoms with Crippen LogP contribution in [0, 0.1) is 11.3 Å². The van der Waals surface area contributed by atoms with Gasteiger partial charge in [-0.15, -0.1) is 0 Å². The zero-order chi connectivity index (χ0) is 12.1. The Bertz CT molecular complexity index is 411. The lowest BCUT2D eigenvalue weighted by Gasteiger charge is -2.30. The van der Waals surface area contributed by atoms with Crippen LogP contribution >= 0.6 is 0 Å². The Morgan fingerprint density at radius 1 is 1.53 bits per heavy atom. The first-order valence-electron chi connectivity index (χ1n) is 6.09. The van der Waals surface area contributed by atoms with Crippen molar-refractivity contribution in [2.75, 3.05) is 20.1 Å². The van der Waals surface area contributed by atoms with Gasteiger partial charge in [0.25, 0.3) is 0 Å². The number of likely N-dealkylation sites (tertiary alicyclic amines) is 1. The molecule has 0 bridgehead atoms. The van der Waals surface area contributed by atoms with Crippen LogP contribution < -0.4 is 4.74 Å². The van der Waals surface area contributed by atoms with E-state index in [1.165, 1.54) is 6.42 Å². The Balaban J connectivity index is 1.98. The molecule has 0 spiro atoms. The highest BCUT2D eigenvalue weighted by Crippen LogP contribution is 2.19. The molecule has 1 aromatic carbocycles. The van der Waals surface area contributed by atoms with Gasteiger partial charge in [0, 0.05) is 6.54 Å². The van der Waals surface area contributed by atoms with E-state index in [0.717, 1.165) is 30.8 Å². The molecule has 1 unspecified atom stereocenters. The summed E-state index contributed by atoms with van der Waals surface area (Å²) in [5.74, 6) is 0.887. The lowest BCUT2D eigenvalue weighted by atomic mass is 10.1. The first-order chi connectivity index (χ1) is 8.28. The molecule has 0 saturated carbocycles. The van der Waals surface area contributed by atoms with Crippen LogP contribution in [0.4, 0.5) is 0 Å². The lowest BCUT2D eigenvalue weighted by molar-refractivity contribution is 0.104. The molecule has 0 aliphatic carbocycles. The molecule has 1 aliphatic rings. The highest BCUT2D eigenvalue weighted by atomic mass is 16.5. The summed E-state index contributed by atoms with van der Waals surface area (Å²) in [6, 6.07) is 10.0. The van der Waals surface area contributed by atoms with E-state index in [2.05, 4.69) is 18.0 Å². The predicted octanol–water partition coefficient (Wildman–Crippen LogP) is 2.23. The van der Waals surface area contributed by atoms with Gasteiger partial charge in [0.1, 0.15) is 11.9 Å². The molecule has 1 atom stereocenters. The molecular formula is C14H18N2O. The Morgan fingerprint density at radius 3 is 3.18 bits per heavy atom. The third kappa shape index (κ3) is 3.47. The van der Waals surface area contributed by atoms with E-state index >= 15 is 0 Å². The third-order valence-electron chi connectivity index (χ3n) is 3.07. The van der Waals surface area contributed by atoms with E-state index in [4.69, 9.17) is 10.00 Å². The molecule has 1 saturated heterocycles. The number of likely N-dealkylation sites (N-methyl/N-ethyl adjacent to an activating group) is 1. The van der Waals surface area contributed by atoms with Crippen molar-refractivity contribution in [3.63, 3.8) is 0 Å². The monoisotopic (exact) mass is 230 g/mol. The fraction of sp³-hybridized carbons (Fsp3) is 0.500. The number of nitriles is 1. The van der Waals surface area contributed by atoms with Crippen molar-refractivity contribution in [2.24, 2.45) is 0 Å². The van der Waals surface area contributed by atoms with E-state index in [9.17, 15) is 0 Å². The van der Waals surface area contributed by atoms with Gasteiger partial charge < -0.3 is 9.64 Å².